The molecule has 104 valence electrons. The van der Waals surface area contributed by atoms with Crippen LogP contribution in [0.25, 0.3) is 0 Å². The molecule has 1 aromatic rings. The Morgan fingerprint density at radius 1 is 0.895 bits per heavy atom. The summed E-state index contributed by atoms with van der Waals surface area (Å²) in [4.78, 5) is 0. The Labute approximate surface area is 125 Å². The van der Waals surface area contributed by atoms with E-state index in [1.54, 1.807) is 0 Å². The maximum atomic E-state index is 3.90. The number of benzene rings is 1. The maximum Gasteiger partial charge on any atom is 0.0210 e. The molecular weight excluding hydrogens is 298 g/mol. The Bertz CT molecular complexity index is 403. The van der Waals surface area contributed by atoms with E-state index < -0.39 is 0 Å². The smallest absolute Gasteiger partial charge is 0.0210 e. The molecule has 3 rings (SSSR count). The van der Waals surface area contributed by atoms with Crippen molar-refractivity contribution in [2.24, 2.45) is 0 Å². The molecule has 0 heterocycles. The average Bonchev–Trinajstić information content (AvgIpc) is 2.63. The van der Waals surface area contributed by atoms with Crippen molar-refractivity contribution in [3.63, 3.8) is 0 Å². The van der Waals surface area contributed by atoms with E-state index in [0.717, 1.165) is 18.0 Å². The monoisotopic (exact) mass is 321 g/mol. The molecule has 0 radical (unpaired) electrons. The molecule has 2 aliphatic rings. The molecule has 0 unspecified atom stereocenters. The number of rotatable bonds is 3. The summed E-state index contributed by atoms with van der Waals surface area (Å²) in [6.07, 6.45) is 11.2. The van der Waals surface area contributed by atoms with Crippen LogP contribution in [-0.2, 0) is 0 Å². The second kappa shape index (κ2) is 6.41. The first kappa shape index (κ1) is 13.6. The summed E-state index contributed by atoms with van der Waals surface area (Å²) in [5, 5.41) is 3.90. The van der Waals surface area contributed by atoms with Crippen molar-refractivity contribution in [2.45, 2.75) is 69.4 Å². The molecule has 0 aromatic heterocycles. The summed E-state index contributed by atoms with van der Waals surface area (Å²) < 4.78 is 1.29. The molecule has 0 atom stereocenters. The summed E-state index contributed by atoms with van der Waals surface area (Å²) in [6.45, 7) is 0. The average molecular weight is 322 g/mol. The van der Waals surface area contributed by atoms with Crippen LogP contribution in [0, 0.1) is 0 Å². The van der Waals surface area contributed by atoms with E-state index in [0.29, 0.717) is 0 Å². The van der Waals surface area contributed by atoms with Gasteiger partial charge in [0.1, 0.15) is 0 Å². The number of halogens is 1. The molecule has 1 nitrogen and oxygen atoms in total. The summed E-state index contributed by atoms with van der Waals surface area (Å²) in [6, 6.07) is 10.3. The summed E-state index contributed by atoms with van der Waals surface area (Å²) >= 11 is 3.68. The number of hydrogen-bond donors (Lipinski definition) is 1. The van der Waals surface area contributed by atoms with E-state index >= 15 is 0 Å². The molecule has 0 aliphatic heterocycles. The van der Waals surface area contributed by atoms with Crippen molar-refractivity contribution in [3.8, 4) is 0 Å². The van der Waals surface area contributed by atoms with E-state index in [-0.39, 0.29) is 0 Å². The first-order valence-electron chi connectivity index (χ1n) is 7.83. The highest BCUT2D eigenvalue weighted by atomic mass is 79.9. The van der Waals surface area contributed by atoms with Crippen molar-refractivity contribution in [1.29, 1.82) is 0 Å². The van der Waals surface area contributed by atoms with Crippen LogP contribution in [0.2, 0.25) is 0 Å². The predicted octanol–water partition coefficient (Wildman–Crippen LogP) is 5.01. The van der Waals surface area contributed by atoms with Gasteiger partial charge in [-0.15, -0.1) is 0 Å². The minimum Gasteiger partial charge on any atom is -0.311 e. The van der Waals surface area contributed by atoms with E-state index in [1.165, 1.54) is 61.4 Å². The summed E-state index contributed by atoms with van der Waals surface area (Å²) in [5.41, 5.74) is 1.50. The zero-order valence-corrected chi connectivity index (χ0v) is 13.2. The predicted molar refractivity (Wildman–Crippen MR) is 84.5 cm³/mol. The van der Waals surface area contributed by atoms with Gasteiger partial charge in [-0.25, -0.2) is 0 Å². The Morgan fingerprint density at radius 3 is 2.26 bits per heavy atom. The van der Waals surface area contributed by atoms with Crippen molar-refractivity contribution < 1.29 is 0 Å². The normalized spacial score (nSPS) is 28.7. The van der Waals surface area contributed by atoms with Crippen LogP contribution < -0.4 is 5.32 Å². The third-order valence-corrected chi connectivity index (χ3v) is 5.53. The van der Waals surface area contributed by atoms with E-state index in [4.69, 9.17) is 0 Å². The fourth-order valence-electron chi connectivity index (χ4n) is 3.59. The highest BCUT2D eigenvalue weighted by Crippen LogP contribution is 2.40. The largest absolute Gasteiger partial charge is 0.311 e. The standard InChI is InChI=1S/C17H24BrN/c18-17-10-6-5-9-16(17)13-11-15(12-13)19-14-7-3-1-2-4-8-14/h5-6,9-10,13-15,19H,1-4,7-8,11-12H2. The van der Waals surface area contributed by atoms with Crippen LogP contribution in [-0.4, -0.2) is 12.1 Å². The quantitative estimate of drug-likeness (QED) is 0.772. The number of hydrogen-bond acceptors (Lipinski definition) is 1. The van der Waals surface area contributed by atoms with Crippen LogP contribution in [0.1, 0.15) is 62.8 Å². The second-order valence-electron chi connectivity index (χ2n) is 6.24. The lowest BCUT2D eigenvalue weighted by atomic mass is 9.75. The van der Waals surface area contributed by atoms with Gasteiger partial charge in [0.05, 0.1) is 0 Å². The second-order valence-corrected chi connectivity index (χ2v) is 7.10. The molecule has 1 N–H and O–H groups in total. The van der Waals surface area contributed by atoms with E-state index in [1.807, 2.05) is 0 Å². The van der Waals surface area contributed by atoms with Gasteiger partial charge in [0.25, 0.3) is 0 Å². The van der Waals surface area contributed by atoms with Gasteiger partial charge in [0.2, 0.25) is 0 Å². The lowest BCUT2D eigenvalue weighted by molar-refractivity contribution is 0.254. The molecule has 1 aromatic carbocycles. The Morgan fingerprint density at radius 2 is 1.58 bits per heavy atom. The molecule has 0 spiro atoms. The molecule has 0 bridgehead atoms. The summed E-state index contributed by atoms with van der Waals surface area (Å²) in [5.74, 6) is 0.763. The zero-order chi connectivity index (χ0) is 13.1. The Kier molecular flexibility index (Phi) is 4.60. The van der Waals surface area contributed by atoms with Crippen molar-refractivity contribution in [1.82, 2.24) is 5.32 Å². The van der Waals surface area contributed by atoms with Crippen molar-refractivity contribution in [2.75, 3.05) is 0 Å². The van der Waals surface area contributed by atoms with Gasteiger partial charge < -0.3 is 5.32 Å². The third kappa shape index (κ3) is 3.41. The van der Waals surface area contributed by atoms with E-state index in [2.05, 4.69) is 45.5 Å². The topological polar surface area (TPSA) is 12.0 Å². The fraction of sp³-hybridized carbons (Fsp3) is 0.647. The van der Waals surface area contributed by atoms with Crippen LogP contribution in [0.3, 0.4) is 0 Å². The maximum absolute atomic E-state index is 3.90. The SMILES string of the molecule is Brc1ccccc1C1CC(NC2CCCCCC2)C1. The number of nitrogens with one attached hydrogen (secondary N) is 1. The van der Waals surface area contributed by atoms with Gasteiger partial charge in [0, 0.05) is 16.6 Å². The van der Waals surface area contributed by atoms with Gasteiger partial charge in [-0.1, -0.05) is 59.8 Å². The molecule has 2 fully saturated rings. The summed E-state index contributed by atoms with van der Waals surface area (Å²) in [7, 11) is 0. The van der Waals surface area contributed by atoms with Gasteiger partial charge in [-0.3, -0.25) is 0 Å². The highest BCUT2D eigenvalue weighted by molar-refractivity contribution is 9.10. The highest BCUT2D eigenvalue weighted by Gasteiger charge is 2.32. The van der Waals surface area contributed by atoms with Gasteiger partial charge >= 0.3 is 0 Å². The first-order chi connectivity index (χ1) is 9.33. The molecule has 2 saturated carbocycles. The van der Waals surface area contributed by atoms with E-state index in [9.17, 15) is 0 Å². The van der Waals surface area contributed by atoms with Crippen LogP contribution in [0.15, 0.2) is 28.7 Å². The zero-order valence-electron chi connectivity index (χ0n) is 11.6. The molecule has 2 heteroatoms. The minimum atomic E-state index is 0.763. The van der Waals surface area contributed by atoms with Gasteiger partial charge in [0.15, 0.2) is 0 Å². The van der Waals surface area contributed by atoms with Gasteiger partial charge in [-0.2, -0.15) is 0 Å². The van der Waals surface area contributed by atoms with Crippen molar-refractivity contribution >= 4 is 15.9 Å². The lowest BCUT2D eigenvalue weighted by Crippen LogP contribution is -2.45. The van der Waals surface area contributed by atoms with Crippen molar-refractivity contribution in [3.05, 3.63) is 34.3 Å². The third-order valence-electron chi connectivity index (χ3n) is 4.81. The van der Waals surface area contributed by atoms with Crippen LogP contribution in [0.5, 0.6) is 0 Å². The van der Waals surface area contributed by atoms with Crippen LogP contribution in [0.4, 0.5) is 0 Å². The van der Waals surface area contributed by atoms with Crippen LogP contribution >= 0.6 is 15.9 Å². The molecule has 2 aliphatic carbocycles. The Hall–Kier alpha value is -0.340. The lowest BCUT2D eigenvalue weighted by Gasteiger charge is -2.39. The minimum absolute atomic E-state index is 0.763. The van der Waals surface area contributed by atoms with Gasteiger partial charge in [-0.05, 0) is 43.2 Å². The fourth-order valence-corrected chi connectivity index (χ4v) is 4.20. The Balaban J connectivity index is 1.49. The molecule has 0 amide bonds. The molecule has 0 saturated heterocycles. The molecular formula is C17H24BrN. The first-order valence-corrected chi connectivity index (χ1v) is 8.62. The molecule has 19 heavy (non-hydrogen) atoms.